The van der Waals surface area contributed by atoms with Gasteiger partial charge in [-0.15, -0.1) is 0 Å². The molecule has 0 bridgehead atoms. The van der Waals surface area contributed by atoms with Gasteiger partial charge in [-0.05, 0) is 31.5 Å². The van der Waals surface area contributed by atoms with Crippen molar-refractivity contribution >= 4 is 17.4 Å². The van der Waals surface area contributed by atoms with Crippen molar-refractivity contribution in [1.29, 1.82) is 0 Å². The summed E-state index contributed by atoms with van der Waals surface area (Å²) in [5.41, 5.74) is 1.41. The zero-order chi connectivity index (χ0) is 21.0. The zero-order valence-electron chi connectivity index (χ0n) is 17.4. The highest BCUT2D eigenvalue weighted by molar-refractivity contribution is 6.35. The first-order valence-electron chi connectivity index (χ1n) is 9.75. The molecule has 2 aliphatic rings. The van der Waals surface area contributed by atoms with Gasteiger partial charge in [0.2, 0.25) is 0 Å². The van der Waals surface area contributed by atoms with Gasteiger partial charge in [0, 0.05) is 13.1 Å². The van der Waals surface area contributed by atoms with Gasteiger partial charge in [0.15, 0.2) is 11.5 Å². The third kappa shape index (κ3) is 4.38. The molecule has 0 aliphatic carbocycles. The van der Waals surface area contributed by atoms with Crippen LogP contribution in [0, 0.1) is 0 Å². The van der Waals surface area contributed by atoms with E-state index in [2.05, 4.69) is 0 Å². The van der Waals surface area contributed by atoms with E-state index in [-0.39, 0.29) is 24.5 Å². The van der Waals surface area contributed by atoms with Crippen molar-refractivity contribution in [2.24, 2.45) is 0 Å². The molecule has 1 fully saturated rings. The summed E-state index contributed by atoms with van der Waals surface area (Å²) in [6.07, 6.45) is 0.0276. The third-order valence-corrected chi connectivity index (χ3v) is 4.91. The Kier molecular flexibility index (Phi) is 6.76. The lowest BCUT2D eigenvalue weighted by Crippen LogP contribution is -2.41. The molecule has 8 heteroatoms. The molecule has 0 radical (unpaired) electrons. The van der Waals surface area contributed by atoms with Crippen LogP contribution < -0.4 is 9.47 Å². The number of nitrogens with zero attached hydrogens (tertiary/aromatic N) is 2. The van der Waals surface area contributed by atoms with Crippen molar-refractivity contribution in [2.45, 2.75) is 20.0 Å². The van der Waals surface area contributed by atoms with E-state index >= 15 is 0 Å². The molecule has 2 amide bonds. The van der Waals surface area contributed by atoms with E-state index in [4.69, 9.17) is 18.9 Å². The Balaban J connectivity index is 1.99. The lowest BCUT2D eigenvalue weighted by Gasteiger charge is -2.29. The van der Waals surface area contributed by atoms with Crippen molar-refractivity contribution in [2.75, 3.05) is 53.7 Å². The minimum atomic E-state index is -0.323. The van der Waals surface area contributed by atoms with Gasteiger partial charge in [-0.1, -0.05) is 6.07 Å². The zero-order valence-corrected chi connectivity index (χ0v) is 17.4. The molecule has 1 aromatic rings. The van der Waals surface area contributed by atoms with Gasteiger partial charge in [0.1, 0.15) is 5.70 Å². The van der Waals surface area contributed by atoms with Crippen LogP contribution in [0.2, 0.25) is 0 Å². The van der Waals surface area contributed by atoms with Crippen LogP contribution in [0.3, 0.4) is 0 Å². The second-order valence-corrected chi connectivity index (χ2v) is 7.07. The van der Waals surface area contributed by atoms with Crippen molar-refractivity contribution in [1.82, 2.24) is 9.80 Å². The van der Waals surface area contributed by atoms with E-state index in [1.54, 1.807) is 25.3 Å². The molecule has 0 N–H and O–H groups in total. The molecule has 1 aromatic carbocycles. The maximum absolute atomic E-state index is 13.3. The van der Waals surface area contributed by atoms with Crippen molar-refractivity contribution in [3.63, 3.8) is 0 Å². The normalized spacial score (nSPS) is 17.6. The van der Waals surface area contributed by atoms with Crippen LogP contribution in [0.15, 0.2) is 23.9 Å². The number of carbonyl (C=O) groups is 2. The average molecular weight is 404 g/mol. The van der Waals surface area contributed by atoms with E-state index in [9.17, 15) is 9.59 Å². The molecule has 2 aliphatic heterocycles. The van der Waals surface area contributed by atoms with Crippen LogP contribution in [0.1, 0.15) is 19.4 Å². The lowest BCUT2D eigenvalue weighted by molar-refractivity contribution is -0.138. The Morgan fingerprint density at radius 1 is 1.03 bits per heavy atom. The lowest BCUT2D eigenvalue weighted by atomic mass is 10.0. The molecule has 2 heterocycles. The fourth-order valence-electron chi connectivity index (χ4n) is 3.48. The number of rotatable bonds is 8. The number of ether oxygens (including phenoxy) is 4. The number of amides is 2. The quantitative estimate of drug-likeness (QED) is 0.608. The van der Waals surface area contributed by atoms with E-state index < -0.39 is 0 Å². The van der Waals surface area contributed by atoms with Gasteiger partial charge < -0.3 is 23.8 Å². The molecule has 1 saturated heterocycles. The Morgan fingerprint density at radius 2 is 1.72 bits per heavy atom. The number of morpholine rings is 1. The predicted molar refractivity (Wildman–Crippen MR) is 107 cm³/mol. The molecule has 0 saturated carbocycles. The highest BCUT2D eigenvalue weighted by Gasteiger charge is 2.41. The maximum atomic E-state index is 13.3. The standard InChI is InChI=1S/C21H28N2O6/c1-14(2)29-12-9-23-20(24)18(15-5-6-16(26-3)17(13-15)27-4)19(21(23)25)22-7-10-28-11-8-22/h5-6,13-14H,7-12H2,1-4H3. The maximum Gasteiger partial charge on any atom is 0.277 e. The van der Waals surface area contributed by atoms with E-state index in [1.807, 2.05) is 18.7 Å². The van der Waals surface area contributed by atoms with Crippen molar-refractivity contribution in [3.8, 4) is 11.5 Å². The predicted octanol–water partition coefficient (Wildman–Crippen LogP) is 1.54. The van der Waals surface area contributed by atoms with E-state index in [1.165, 1.54) is 12.0 Å². The van der Waals surface area contributed by atoms with Crippen LogP contribution in [0.5, 0.6) is 11.5 Å². The summed E-state index contributed by atoms with van der Waals surface area (Å²) in [5, 5.41) is 0. The number of hydrogen-bond donors (Lipinski definition) is 0. The molecule has 8 nitrogen and oxygen atoms in total. The van der Waals surface area contributed by atoms with Gasteiger partial charge in [-0.25, -0.2) is 0 Å². The van der Waals surface area contributed by atoms with E-state index in [0.717, 1.165) is 0 Å². The largest absolute Gasteiger partial charge is 0.493 e. The van der Waals surface area contributed by atoms with Crippen LogP contribution in [-0.4, -0.2) is 81.4 Å². The van der Waals surface area contributed by atoms with Crippen LogP contribution in [0.4, 0.5) is 0 Å². The Labute approximate surface area is 171 Å². The fourth-order valence-corrected chi connectivity index (χ4v) is 3.48. The van der Waals surface area contributed by atoms with Crippen LogP contribution >= 0.6 is 0 Å². The second-order valence-electron chi connectivity index (χ2n) is 7.07. The minimum absolute atomic E-state index is 0.0276. The van der Waals surface area contributed by atoms with Crippen molar-refractivity contribution < 1.29 is 28.5 Å². The smallest absolute Gasteiger partial charge is 0.277 e. The highest BCUT2D eigenvalue weighted by Crippen LogP contribution is 2.36. The van der Waals surface area contributed by atoms with Crippen molar-refractivity contribution in [3.05, 3.63) is 29.5 Å². The molecule has 0 unspecified atom stereocenters. The summed E-state index contributed by atoms with van der Waals surface area (Å²) in [7, 11) is 3.09. The molecule has 158 valence electrons. The number of benzene rings is 1. The molecule has 29 heavy (non-hydrogen) atoms. The molecular weight excluding hydrogens is 376 g/mol. The van der Waals surface area contributed by atoms with Gasteiger partial charge in [0.05, 0.1) is 52.3 Å². The van der Waals surface area contributed by atoms with Gasteiger partial charge in [-0.2, -0.15) is 0 Å². The number of carbonyl (C=O) groups excluding carboxylic acids is 2. The third-order valence-electron chi connectivity index (χ3n) is 4.91. The second kappa shape index (κ2) is 9.28. The monoisotopic (exact) mass is 404 g/mol. The van der Waals surface area contributed by atoms with Gasteiger partial charge in [0.25, 0.3) is 11.8 Å². The summed E-state index contributed by atoms with van der Waals surface area (Å²) in [5.74, 6) is 0.439. The first-order valence-corrected chi connectivity index (χ1v) is 9.75. The fraction of sp³-hybridized carbons (Fsp3) is 0.524. The Hall–Kier alpha value is -2.58. The summed E-state index contributed by atoms with van der Waals surface area (Å²) in [4.78, 5) is 29.7. The average Bonchev–Trinajstić information content (AvgIpc) is 2.98. The van der Waals surface area contributed by atoms with Gasteiger partial charge >= 0.3 is 0 Å². The summed E-state index contributed by atoms with van der Waals surface area (Å²) in [6, 6.07) is 5.24. The molecular formula is C21H28N2O6. The minimum Gasteiger partial charge on any atom is -0.493 e. The molecule has 3 rings (SSSR count). The Bertz CT molecular complexity index is 798. The highest BCUT2D eigenvalue weighted by atomic mass is 16.5. The SMILES string of the molecule is COc1ccc(C2=C(N3CCOCC3)C(=O)N(CCOC(C)C)C2=O)cc1OC. The number of hydrogen-bond acceptors (Lipinski definition) is 7. The van der Waals surface area contributed by atoms with E-state index in [0.29, 0.717) is 61.2 Å². The molecule has 0 spiro atoms. The number of methoxy groups -OCH3 is 2. The van der Waals surface area contributed by atoms with Crippen LogP contribution in [-0.2, 0) is 19.1 Å². The summed E-state index contributed by atoms with van der Waals surface area (Å²) in [6.45, 7) is 6.48. The topological polar surface area (TPSA) is 77.5 Å². The number of imide groups is 1. The summed E-state index contributed by atoms with van der Waals surface area (Å²) >= 11 is 0. The first-order chi connectivity index (χ1) is 14.0. The summed E-state index contributed by atoms with van der Waals surface area (Å²) < 4.78 is 21.7. The van der Waals surface area contributed by atoms with Crippen LogP contribution in [0.25, 0.3) is 5.57 Å². The van der Waals surface area contributed by atoms with Gasteiger partial charge in [-0.3, -0.25) is 14.5 Å². The first kappa shape index (κ1) is 21.1. The molecule has 0 aromatic heterocycles. The molecule has 0 atom stereocenters. The Morgan fingerprint density at radius 3 is 2.34 bits per heavy atom.